The summed E-state index contributed by atoms with van der Waals surface area (Å²) in [4.78, 5) is 79.5. The van der Waals surface area contributed by atoms with Crippen LogP contribution in [0.25, 0.3) is 0 Å². The van der Waals surface area contributed by atoms with E-state index in [4.69, 9.17) is 20.3 Å². The van der Waals surface area contributed by atoms with Crippen LogP contribution in [0.5, 0.6) is 0 Å². The number of aliphatic hydroxyl groups excluding tert-OH is 1. The number of fused-ring (bicyclic) bond motifs is 2. The van der Waals surface area contributed by atoms with Gasteiger partial charge < -0.3 is 55.2 Å². The van der Waals surface area contributed by atoms with Crippen molar-refractivity contribution in [2.24, 2.45) is 0 Å². The van der Waals surface area contributed by atoms with Crippen molar-refractivity contribution in [2.75, 3.05) is 54.9 Å². The van der Waals surface area contributed by atoms with Gasteiger partial charge in [0.1, 0.15) is 34.8 Å². The molecule has 3 aliphatic heterocycles. The Kier molecular flexibility index (Phi) is 22.3. The minimum absolute atomic E-state index is 0.0434. The number of carbonyl (C=O) groups is 2. The van der Waals surface area contributed by atoms with Crippen LogP contribution in [-0.4, -0.2) is 139 Å². The van der Waals surface area contributed by atoms with E-state index in [1.165, 1.54) is 52.1 Å². The first-order valence-corrected chi connectivity index (χ1v) is 35.2. The third-order valence-corrected chi connectivity index (χ3v) is 21.2. The summed E-state index contributed by atoms with van der Waals surface area (Å²) in [7, 11) is -23.2. The number of likely N-dealkylation sites (N-methyl/N-ethyl adjacent to an activating group) is 1. The smallest absolute Gasteiger partial charge is 0.490 e. The first kappa shape index (κ1) is 67.5. The number of aliphatic hydroxyl groups is 1. The topological polar surface area (TPSA) is 426 Å². The highest BCUT2D eigenvalue weighted by Gasteiger charge is 2.46. The number of allylic oxidation sites excluding steroid dienone is 4. The van der Waals surface area contributed by atoms with Crippen molar-refractivity contribution < 1.29 is 96.4 Å². The number of nitrogens with zero attached hydrogens (tertiary/aromatic N) is 4. The Morgan fingerprint density at radius 2 is 1.61 bits per heavy atom. The van der Waals surface area contributed by atoms with Gasteiger partial charge in [-0.15, -0.1) is 0 Å². The quantitative estimate of drug-likeness (QED) is 0.0129. The Labute approximate surface area is 486 Å². The fraction of sp³-hybridized carbons (Fsp3) is 0.479. The number of benzene rings is 2. The van der Waals surface area contributed by atoms with Crippen LogP contribution in [0.15, 0.2) is 81.1 Å². The highest BCUT2D eigenvalue weighted by atomic mass is 33.1. The van der Waals surface area contributed by atoms with E-state index in [2.05, 4.69) is 50.1 Å². The van der Waals surface area contributed by atoms with E-state index in [1.54, 1.807) is 12.1 Å². The minimum Gasteiger partial charge on any atom is -0.744 e. The SMILES string of the molecule is CCN1C(=CC=CC2=[N+](CCCCCC(=O)NCCSSCCC(=O)NCC#Cc3cn([C@H]4CC(O)[C@@H](COP(=O)(O)OP(=O)(O)OP(=O)(O)O)O4)c(=O)nc3N)c3ccc(S(=O)(=O)O)cc3C2(C)C)C(C)(C)c2cc(S(=O)(=O)[O-])ccc21. The number of amides is 2. The highest BCUT2D eigenvalue weighted by Crippen LogP contribution is 2.66. The number of hydrogen-bond donors (Lipinski definition) is 9. The fourth-order valence-electron chi connectivity index (χ4n) is 9.40. The van der Waals surface area contributed by atoms with Gasteiger partial charge in [0.05, 0.1) is 40.0 Å². The van der Waals surface area contributed by atoms with Crippen LogP contribution >= 0.6 is 45.1 Å². The van der Waals surface area contributed by atoms with Gasteiger partial charge >= 0.3 is 29.2 Å². The third kappa shape index (κ3) is 18.0. The first-order chi connectivity index (χ1) is 38.5. The Hall–Kier alpha value is -4.58. The number of phosphoric ester groups is 1. The Balaban J connectivity index is 0.914. The molecule has 456 valence electrons. The summed E-state index contributed by atoms with van der Waals surface area (Å²) in [6.07, 6.45) is 5.04. The van der Waals surface area contributed by atoms with Crippen LogP contribution in [0.1, 0.15) is 96.1 Å². The van der Waals surface area contributed by atoms with Gasteiger partial charge in [0.25, 0.3) is 10.1 Å². The number of unbranched alkanes of at least 4 members (excludes halogenated alkanes) is 2. The molecule has 0 radical (unpaired) electrons. The van der Waals surface area contributed by atoms with Gasteiger partial charge in [-0.25, -0.2) is 26.9 Å². The second kappa shape index (κ2) is 27.4. The molecule has 0 aliphatic carbocycles. The van der Waals surface area contributed by atoms with Gasteiger partial charge in [-0.2, -0.15) is 26.6 Å². The van der Waals surface area contributed by atoms with Crippen molar-refractivity contribution in [2.45, 2.75) is 112 Å². The number of carbonyl (C=O) groups excluding carboxylic acids is 2. The average molecular weight is 1300 g/mol. The fourth-order valence-corrected chi connectivity index (χ4v) is 15.3. The van der Waals surface area contributed by atoms with Crippen molar-refractivity contribution in [3.8, 4) is 11.8 Å². The number of nitrogens with two attached hydrogens (primary N) is 1. The number of nitrogen functional groups attached to an aromatic ring is 1. The molecule has 3 aromatic rings. The molecule has 1 saturated heterocycles. The molecule has 0 saturated carbocycles. The number of nitrogens with one attached hydrogen (secondary N) is 2. The summed E-state index contributed by atoms with van der Waals surface area (Å²) in [5, 5.41) is 16.0. The molecule has 1 aromatic heterocycles. The molecule has 10 N–H and O–H groups in total. The zero-order valence-electron chi connectivity index (χ0n) is 45.3. The molecular weight excluding hydrogens is 1230 g/mol. The lowest BCUT2D eigenvalue weighted by Crippen LogP contribution is -2.29. The average Bonchev–Trinajstić information content (AvgIpc) is 1.83. The lowest BCUT2D eigenvalue weighted by Gasteiger charge is -2.25. The van der Waals surface area contributed by atoms with E-state index in [-0.39, 0.29) is 52.4 Å². The first-order valence-electron chi connectivity index (χ1n) is 25.4. The Morgan fingerprint density at radius 3 is 2.29 bits per heavy atom. The molecule has 3 aliphatic rings. The van der Waals surface area contributed by atoms with E-state index in [1.807, 2.05) is 52.8 Å². The molecule has 6 rings (SSSR count). The lowest BCUT2D eigenvalue weighted by atomic mass is 9.81. The Bertz CT molecular complexity index is 3580. The lowest BCUT2D eigenvalue weighted by molar-refractivity contribution is -0.438. The number of rotatable bonds is 27. The number of phosphoric acid groups is 3. The van der Waals surface area contributed by atoms with E-state index in [9.17, 15) is 68.9 Å². The summed E-state index contributed by atoms with van der Waals surface area (Å²) >= 11 is 0. The van der Waals surface area contributed by atoms with Crippen LogP contribution < -0.4 is 27.0 Å². The number of anilines is 2. The zero-order chi connectivity index (χ0) is 61.5. The molecule has 3 unspecified atom stereocenters. The number of aromatic nitrogens is 2. The summed E-state index contributed by atoms with van der Waals surface area (Å²) in [6, 6.07) is 8.92. The van der Waals surface area contributed by atoms with E-state index in [0.717, 1.165) is 27.4 Å². The van der Waals surface area contributed by atoms with E-state index in [0.29, 0.717) is 68.0 Å². The molecule has 0 bridgehead atoms. The maximum atomic E-state index is 12.7. The predicted molar refractivity (Wildman–Crippen MR) is 305 cm³/mol. The highest BCUT2D eigenvalue weighted by molar-refractivity contribution is 8.76. The molecule has 35 heteroatoms. The molecule has 2 aromatic carbocycles. The maximum Gasteiger partial charge on any atom is 0.490 e. The molecule has 5 atom stereocenters. The van der Waals surface area contributed by atoms with Crippen LogP contribution in [0, 0.1) is 11.8 Å². The molecule has 0 spiro atoms. The van der Waals surface area contributed by atoms with Gasteiger partial charge in [-0.3, -0.25) is 23.2 Å². The van der Waals surface area contributed by atoms with Gasteiger partial charge in [0.15, 0.2) is 5.71 Å². The predicted octanol–water partition coefficient (Wildman–Crippen LogP) is 4.22. The zero-order valence-corrected chi connectivity index (χ0v) is 51.3. The van der Waals surface area contributed by atoms with Crippen molar-refractivity contribution in [1.29, 1.82) is 0 Å². The third-order valence-electron chi connectivity index (χ3n) is 13.3. The molecule has 83 heavy (non-hydrogen) atoms. The Morgan fingerprint density at radius 1 is 0.940 bits per heavy atom. The van der Waals surface area contributed by atoms with Crippen molar-refractivity contribution in [3.05, 3.63) is 93.7 Å². The summed E-state index contributed by atoms with van der Waals surface area (Å²) in [6.45, 7) is 10.3. The molecular formula is C48H64N7O21P3S4. The molecule has 1 fully saturated rings. The monoisotopic (exact) mass is 1300 g/mol. The normalized spacial score (nSPS) is 20.4. The van der Waals surface area contributed by atoms with Gasteiger partial charge in [0, 0.05) is 91.0 Å². The molecule has 2 amide bonds. The van der Waals surface area contributed by atoms with E-state index < -0.39 is 85.3 Å². The van der Waals surface area contributed by atoms with Crippen LogP contribution in [0.3, 0.4) is 0 Å². The van der Waals surface area contributed by atoms with Crippen LogP contribution in [0.4, 0.5) is 17.2 Å². The van der Waals surface area contributed by atoms with Crippen molar-refractivity contribution >= 4 is 100 Å². The van der Waals surface area contributed by atoms with Crippen molar-refractivity contribution in [3.63, 3.8) is 0 Å². The second-order valence-electron chi connectivity index (χ2n) is 19.9. The number of hydrogen-bond acceptors (Lipinski definition) is 21. The van der Waals surface area contributed by atoms with Gasteiger partial charge in [-0.05, 0) is 75.6 Å². The molecule has 4 heterocycles. The summed E-state index contributed by atoms with van der Waals surface area (Å²) in [5.41, 5.74) is 8.37. The van der Waals surface area contributed by atoms with Crippen LogP contribution in [0.2, 0.25) is 0 Å². The number of ether oxygens (including phenoxy) is 1. The summed E-state index contributed by atoms with van der Waals surface area (Å²) < 4.78 is 125. The van der Waals surface area contributed by atoms with Gasteiger partial charge in [-0.1, -0.05) is 53.4 Å². The van der Waals surface area contributed by atoms with Crippen molar-refractivity contribution in [1.82, 2.24) is 20.2 Å². The summed E-state index contributed by atoms with van der Waals surface area (Å²) in [5.74, 6) is 5.73. The maximum absolute atomic E-state index is 12.7. The molecule has 28 nitrogen and oxygen atoms in total. The van der Waals surface area contributed by atoms with Gasteiger partial charge in [0.2, 0.25) is 17.5 Å². The standard InChI is InChI=1S/C48H64N7O21P3S4/c1-6-53-36-18-16-32(82(67,68)69)26-34(36)47(2,3)40(53)13-10-14-41-48(4,5)35-27-33(83(70,71)72)17-19-37(35)54(41)23-9-7-8-15-42(57)51-22-25-81-80-24-20-43(58)50-21-11-12-31-29-55(46(59)52-45(31)49)44-28-38(56)39(74-44)30-73-78(63,64)76-79(65,66)75-77(60,61)62/h10,13-14,16-19,26-27,29,38-39,44,56H,6-9,15,20-25,28,30H2,1-5H3,(H9-,49,50,51,52,57,58,59,60,61,62,63,64,65,66,67,68,69,70,71,72)/t38?,39-,44-/m1/s1. The second-order valence-corrected chi connectivity index (χ2v) is 29.8. The minimum atomic E-state index is -5.79. The van der Waals surface area contributed by atoms with Crippen LogP contribution in [-0.2, 0) is 72.2 Å². The largest absolute Gasteiger partial charge is 0.744 e. The van der Waals surface area contributed by atoms with E-state index >= 15 is 0 Å².